The van der Waals surface area contributed by atoms with E-state index in [2.05, 4.69) is 78.9 Å². The topological polar surface area (TPSA) is 323 Å². The van der Waals surface area contributed by atoms with Gasteiger partial charge in [-0.2, -0.15) is 9.59 Å². The van der Waals surface area contributed by atoms with Gasteiger partial charge < -0.3 is 0 Å². The van der Waals surface area contributed by atoms with Gasteiger partial charge >= 0.3 is 17.1 Å². The van der Waals surface area contributed by atoms with Crippen molar-refractivity contribution < 1.29 is 74.8 Å². The van der Waals surface area contributed by atoms with Crippen LogP contribution in [0.1, 0.15) is 78.1 Å². The summed E-state index contributed by atoms with van der Waals surface area (Å²) < 4.78 is 67.9. The summed E-state index contributed by atoms with van der Waals surface area (Å²) in [6.07, 6.45) is 15.8. The molecule has 0 amide bonds. The van der Waals surface area contributed by atoms with Gasteiger partial charge in [-0.1, -0.05) is 114 Å². The van der Waals surface area contributed by atoms with Gasteiger partial charge in [0.15, 0.2) is 0 Å². The molecule has 0 atom stereocenters. The van der Waals surface area contributed by atoms with Gasteiger partial charge in [0.05, 0.1) is 35.2 Å². The van der Waals surface area contributed by atoms with E-state index in [1.807, 2.05) is 48.5 Å². The summed E-state index contributed by atoms with van der Waals surface area (Å²) in [5.74, 6) is 1.13. The van der Waals surface area contributed by atoms with E-state index in [4.69, 9.17) is 47.2 Å². The fraction of sp³-hybridized carbons (Fsp3) is 0.350. The molecule has 0 saturated heterocycles. The molecule has 0 aliphatic rings. The van der Waals surface area contributed by atoms with E-state index in [0.29, 0.717) is 11.6 Å². The maximum absolute atomic E-state index is 8.49. The van der Waals surface area contributed by atoms with Crippen LogP contribution in [0.2, 0.25) is 0 Å². The molecule has 334 valence electrons. The van der Waals surface area contributed by atoms with Crippen LogP contribution in [-0.2, 0) is 30.2 Å². The SMILES string of the molecule is CCCCCCCn1nnc(-c2ccc3ccc4cccnc4c3n2)n1.CCCCCCCn1nnc(-c2ccc3ccc4cccnc4c3n2)n1.[Fe+2].[O-][Cl+3]([O-])([O-])[O-].[O-][Cl+3]([O-])([O-])[O-]. The van der Waals surface area contributed by atoms with Gasteiger partial charge in [0, 0.05) is 33.9 Å². The van der Waals surface area contributed by atoms with Gasteiger partial charge in [-0.3, -0.25) is 9.97 Å². The molecule has 8 aromatic rings. The second-order valence-corrected chi connectivity index (χ2v) is 15.3. The molecule has 0 aliphatic carbocycles. The molecule has 23 heteroatoms. The average molecular weight is 948 g/mol. The first-order chi connectivity index (χ1) is 29.7. The maximum Gasteiger partial charge on any atom is 2.00 e. The van der Waals surface area contributed by atoms with Gasteiger partial charge in [-0.25, -0.2) is 47.2 Å². The first-order valence-corrected chi connectivity index (χ1v) is 22.3. The van der Waals surface area contributed by atoms with Crippen molar-refractivity contribution in [2.45, 2.75) is 91.1 Å². The molecule has 0 spiro atoms. The van der Waals surface area contributed by atoms with Crippen LogP contribution in [0.25, 0.3) is 66.6 Å². The number of hydrogen-bond acceptors (Lipinski definition) is 18. The zero-order valence-corrected chi connectivity index (χ0v) is 36.9. The van der Waals surface area contributed by atoms with E-state index < -0.39 is 20.5 Å². The van der Waals surface area contributed by atoms with Crippen molar-refractivity contribution in [3.8, 4) is 23.0 Å². The van der Waals surface area contributed by atoms with Crippen molar-refractivity contribution >= 4 is 43.6 Å². The molecule has 0 N–H and O–H groups in total. The fourth-order valence-electron chi connectivity index (χ4n) is 6.29. The Bertz CT molecular complexity index is 2440. The molecule has 6 heterocycles. The number of unbranched alkanes of at least 4 members (excludes halogenated alkanes) is 8. The molecule has 8 rings (SSSR count). The van der Waals surface area contributed by atoms with Crippen molar-refractivity contribution in [3.05, 3.63) is 85.2 Å². The van der Waals surface area contributed by atoms with Crippen LogP contribution >= 0.6 is 0 Å². The van der Waals surface area contributed by atoms with Crippen LogP contribution in [-0.4, -0.2) is 60.4 Å². The second-order valence-electron chi connectivity index (χ2n) is 13.8. The Balaban J connectivity index is 0.000000225. The van der Waals surface area contributed by atoms with Crippen LogP contribution in [0.4, 0.5) is 0 Å². The summed E-state index contributed by atoms with van der Waals surface area (Å²) in [6, 6.07) is 24.2. The summed E-state index contributed by atoms with van der Waals surface area (Å²) in [4.78, 5) is 21.9. The van der Waals surface area contributed by atoms with Crippen molar-refractivity contribution in [1.29, 1.82) is 0 Å². The summed E-state index contributed by atoms with van der Waals surface area (Å²) in [7, 11) is -9.89. The third-order valence-electron chi connectivity index (χ3n) is 9.15. The third-order valence-corrected chi connectivity index (χ3v) is 9.15. The number of tetrazole rings is 2. The number of fused-ring (bicyclic) bond motifs is 6. The third kappa shape index (κ3) is 16.9. The Labute approximate surface area is 376 Å². The number of pyridine rings is 4. The minimum absolute atomic E-state index is 0. The molecule has 0 fully saturated rings. The summed E-state index contributed by atoms with van der Waals surface area (Å²) in [5.41, 5.74) is 5.00. The van der Waals surface area contributed by atoms with Crippen molar-refractivity contribution in [2.24, 2.45) is 0 Å². The van der Waals surface area contributed by atoms with E-state index in [1.165, 1.54) is 51.4 Å². The molecule has 6 aromatic heterocycles. The Morgan fingerprint density at radius 3 is 1.14 bits per heavy atom. The molecule has 0 unspecified atom stereocenters. The standard InChI is InChI=1S/2C20H22N6.2ClHO4.Fe/c2*1-2-3-4-5-6-14-26-24-20(23-25-26)17-12-11-16-10-9-15-8-7-13-21-18(15)19(16)22-17;2*2-1(3,4)5;/h2*7-13H,2-6,14H2,1H3;2*(H,2,3,4,5);/q;;;;+2/p-2. The smallest absolute Gasteiger partial charge is 0.254 e. The first-order valence-electron chi connectivity index (χ1n) is 19.8. The summed E-state index contributed by atoms with van der Waals surface area (Å²) in [5, 5.41) is 30.0. The molecule has 0 radical (unpaired) electrons. The number of nitrogens with zero attached hydrogens (tertiary/aromatic N) is 12. The minimum atomic E-state index is -4.94. The summed E-state index contributed by atoms with van der Waals surface area (Å²) in [6.45, 7) is 6.05. The van der Waals surface area contributed by atoms with Gasteiger partial charge in [-0.15, -0.1) is 40.9 Å². The predicted molar refractivity (Wildman–Crippen MR) is 205 cm³/mol. The van der Waals surface area contributed by atoms with E-state index in [-0.39, 0.29) is 17.1 Å². The number of benzene rings is 2. The average Bonchev–Trinajstić information content (AvgIpc) is 3.93. The van der Waals surface area contributed by atoms with Crippen molar-refractivity contribution in [3.63, 3.8) is 0 Å². The Kier molecular flexibility index (Phi) is 19.9. The number of rotatable bonds is 14. The predicted octanol–water partition coefficient (Wildman–Crippen LogP) is -0.701. The molecule has 0 bridgehead atoms. The van der Waals surface area contributed by atoms with E-state index in [0.717, 1.165) is 80.9 Å². The van der Waals surface area contributed by atoms with Crippen LogP contribution in [0, 0.1) is 20.5 Å². The molecule has 0 aliphatic heterocycles. The fourth-order valence-corrected chi connectivity index (χ4v) is 6.29. The van der Waals surface area contributed by atoms with Crippen LogP contribution in [0.5, 0.6) is 0 Å². The van der Waals surface area contributed by atoms with Crippen LogP contribution in [0.15, 0.2) is 85.2 Å². The normalized spacial score (nSPS) is 11.3. The molecule has 2 aromatic carbocycles. The van der Waals surface area contributed by atoms with Crippen LogP contribution < -0.4 is 37.3 Å². The Morgan fingerprint density at radius 1 is 0.444 bits per heavy atom. The minimum Gasteiger partial charge on any atom is -0.254 e. The van der Waals surface area contributed by atoms with Crippen LogP contribution in [0.3, 0.4) is 0 Å². The van der Waals surface area contributed by atoms with Gasteiger partial charge in [0.1, 0.15) is 11.4 Å². The monoisotopic (exact) mass is 946 g/mol. The van der Waals surface area contributed by atoms with Gasteiger partial charge in [-0.05, 0) is 47.5 Å². The largest absolute Gasteiger partial charge is 2.00 e. The number of aromatic nitrogens is 12. The molecule has 0 saturated carbocycles. The summed E-state index contributed by atoms with van der Waals surface area (Å²) >= 11 is 0. The van der Waals surface area contributed by atoms with Gasteiger partial charge in [0.25, 0.3) is 0 Å². The van der Waals surface area contributed by atoms with E-state index in [1.54, 1.807) is 22.0 Å². The van der Waals surface area contributed by atoms with Gasteiger partial charge in [0.2, 0.25) is 11.6 Å². The molecule has 63 heavy (non-hydrogen) atoms. The Morgan fingerprint density at radius 2 is 0.778 bits per heavy atom. The zero-order chi connectivity index (χ0) is 44.5. The number of hydrogen-bond donors (Lipinski definition) is 0. The molecular weight excluding hydrogens is 903 g/mol. The zero-order valence-electron chi connectivity index (χ0n) is 34.3. The first kappa shape index (κ1) is 50.6. The maximum atomic E-state index is 8.49. The van der Waals surface area contributed by atoms with Crippen molar-refractivity contribution in [2.75, 3.05) is 0 Å². The van der Waals surface area contributed by atoms with Crippen molar-refractivity contribution in [1.82, 2.24) is 60.4 Å². The molecule has 20 nitrogen and oxygen atoms in total. The molecular formula is C40H44Cl2FeN12O8. The van der Waals surface area contributed by atoms with E-state index in [9.17, 15) is 0 Å². The van der Waals surface area contributed by atoms with E-state index >= 15 is 0 Å². The quantitative estimate of drug-likeness (QED) is 0.0739. The Hall–Kier alpha value is -5.00. The number of aryl methyl sites for hydroxylation is 2. The number of halogens is 2. The second kappa shape index (κ2) is 24.7.